The summed E-state index contributed by atoms with van der Waals surface area (Å²) in [6.45, 7) is 5.35. The largest absolute Gasteiger partial charge is 0.478 e. The third kappa shape index (κ3) is 6.04. The highest BCUT2D eigenvalue weighted by Crippen LogP contribution is 2.24. The minimum Gasteiger partial charge on any atom is -0.478 e. The molecule has 25 heavy (non-hydrogen) atoms. The molecule has 3 atom stereocenters. The average molecular weight is 355 g/mol. The van der Waals surface area contributed by atoms with Gasteiger partial charge in [0.05, 0.1) is 24.3 Å². The molecule has 1 aliphatic rings. The topological polar surface area (TPSA) is 108 Å². The Morgan fingerprint density at radius 3 is 2.32 bits per heavy atom. The molecule has 0 aromatic rings. The van der Waals surface area contributed by atoms with Gasteiger partial charge in [-0.05, 0) is 18.9 Å². The van der Waals surface area contributed by atoms with E-state index in [9.17, 15) is 19.5 Å². The lowest BCUT2D eigenvalue weighted by molar-refractivity contribution is -0.133. The maximum absolute atomic E-state index is 12.1. The summed E-state index contributed by atoms with van der Waals surface area (Å²) in [7, 11) is 3.19. The second-order valence-electron chi connectivity index (χ2n) is 6.42. The Labute approximate surface area is 148 Å². The minimum atomic E-state index is -1.05. The van der Waals surface area contributed by atoms with Crippen LogP contribution < -0.4 is 10.6 Å². The molecule has 8 nitrogen and oxygen atoms in total. The molecule has 8 heteroatoms. The summed E-state index contributed by atoms with van der Waals surface area (Å²) in [5, 5.41) is 15.0. The van der Waals surface area contributed by atoms with E-state index in [2.05, 4.69) is 10.6 Å². The van der Waals surface area contributed by atoms with Crippen LogP contribution in [0.3, 0.4) is 0 Å². The summed E-state index contributed by atoms with van der Waals surface area (Å²) in [6, 6.07) is -1.47. The smallest absolute Gasteiger partial charge is 0.331 e. The molecule has 142 valence electrons. The molecule has 0 unspecified atom stereocenters. The van der Waals surface area contributed by atoms with E-state index in [0.29, 0.717) is 0 Å². The predicted molar refractivity (Wildman–Crippen MR) is 93.2 cm³/mol. The van der Waals surface area contributed by atoms with Gasteiger partial charge in [0.1, 0.15) is 0 Å². The number of hydrogen-bond donors (Lipinski definition) is 3. The summed E-state index contributed by atoms with van der Waals surface area (Å²) in [6.07, 6.45) is 2.51. The van der Waals surface area contributed by atoms with Crippen molar-refractivity contribution >= 4 is 17.9 Å². The van der Waals surface area contributed by atoms with E-state index in [4.69, 9.17) is 4.74 Å². The summed E-state index contributed by atoms with van der Waals surface area (Å²) in [5.74, 6) is -1.32. The van der Waals surface area contributed by atoms with E-state index in [1.165, 1.54) is 11.8 Å². The zero-order chi connectivity index (χ0) is 19.1. The fraction of sp³-hybridized carbons (Fsp3) is 0.706. The third-order valence-corrected chi connectivity index (χ3v) is 4.21. The van der Waals surface area contributed by atoms with Crippen LogP contribution in [0.2, 0.25) is 0 Å². The van der Waals surface area contributed by atoms with Crippen molar-refractivity contribution in [2.24, 2.45) is 0 Å². The Bertz CT molecular complexity index is 528. The molecule has 0 bridgehead atoms. The van der Waals surface area contributed by atoms with Crippen molar-refractivity contribution in [1.82, 2.24) is 15.5 Å². The van der Waals surface area contributed by atoms with E-state index in [0.717, 1.165) is 12.8 Å². The number of nitrogens with one attached hydrogen (secondary N) is 2. The van der Waals surface area contributed by atoms with Gasteiger partial charge in [0.2, 0.25) is 5.91 Å². The molecule has 0 saturated carbocycles. The zero-order valence-corrected chi connectivity index (χ0v) is 15.5. The lowest BCUT2D eigenvalue weighted by Gasteiger charge is -2.38. The Kier molecular flexibility index (Phi) is 7.89. The van der Waals surface area contributed by atoms with Crippen LogP contribution in [0, 0.1) is 0 Å². The van der Waals surface area contributed by atoms with Crippen LogP contribution in [0.5, 0.6) is 0 Å². The van der Waals surface area contributed by atoms with Crippen LogP contribution in [0.1, 0.15) is 40.0 Å². The SMILES string of the molecule is CCC(CC)O[C@@H]1C=C(C(=O)O)C[C@H](NC(=O)N(C)C)[C@H]1NC(C)=O. The van der Waals surface area contributed by atoms with Gasteiger partial charge in [0.15, 0.2) is 0 Å². The van der Waals surface area contributed by atoms with Crippen LogP contribution in [0.25, 0.3) is 0 Å². The Morgan fingerprint density at radius 2 is 1.88 bits per heavy atom. The first-order valence-electron chi connectivity index (χ1n) is 8.53. The molecule has 0 radical (unpaired) electrons. The number of carboxylic acids is 1. The lowest BCUT2D eigenvalue weighted by Crippen LogP contribution is -2.60. The molecular weight excluding hydrogens is 326 g/mol. The number of ether oxygens (including phenoxy) is 1. The maximum Gasteiger partial charge on any atom is 0.331 e. The molecule has 0 aromatic heterocycles. The fourth-order valence-corrected chi connectivity index (χ4v) is 2.79. The van der Waals surface area contributed by atoms with Gasteiger partial charge in [-0.15, -0.1) is 0 Å². The van der Waals surface area contributed by atoms with Crippen LogP contribution in [0.15, 0.2) is 11.6 Å². The molecule has 0 heterocycles. The molecule has 0 aliphatic heterocycles. The maximum atomic E-state index is 12.1. The van der Waals surface area contributed by atoms with E-state index in [1.54, 1.807) is 20.2 Å². The molecule has 1 aliphatic carbocycles. The highest BCUT2D eigenvalue weighted by Gasteiger charge is 2.38. The molecule has 3 N–H and O–H groups in total. The van der Waals surface area contributed by atoms with Gasteiger partial charge in [-0.3, -0.25) is 4.79 Å². The van der Waals surface area contributed by atoms with E-state index >= 15 is 0 Å². The van der Waals surface area contributed by atoms with Crippen molar-refractivity contribution < 1.29 is 24.2 Å². The van der Waals surface area contributed by atoms with Gasteiger partial charge in [0.25, 0.3) is 0 Å². The fourth-order valence-electron chi connectivity index (χ4n) is 2.79. The molecule has 0 aromatic carbocycles. The number of carboxylic acid groups (broad SMARTS) is 1. The molecular formula is C17H29N3O5. The monoisotopic (exact) mass is 355 g/mol. The van der Waals surface area contributed by atoms with E-state index in [1.807, 2.05) is 13.8 Å². The number of amides is 3. The van der Waals surface area contributed by atoms with Gasteiger partial charge in [-0.2, -0.15) is 0 Å². The molecule has 0 spiro atoms. The van der Waals surface area contributed by atoms with Crippen molar-refractivity contribution in [2.45, 2.75) is 64.3 Å². The van der Waals surface area contributed by atoms with Crippen LogP contribution >= 0.6 is 0 Å². The van der Waals surface area contributed by atoms with Crippen LogP contribution in [-0.4, -0.2) is 66.3 Å². The van der Waals surface area contributed by atoms with Crippen LogP contribution in [-0.2, 0) is 14.3 Å². The van der Waals surface area contributed by atoms with Crippen LogP contribution in [0.4, 0.5) is 4.79 Å². The summed E-state index contributed by atoms with van der Waals surface area (Å²) >= 11 is 0. The summed E-state index contributed by atoms with van der Waals surface area (Å²) in [4.78, 5) is 36.5. The first-order valence-corrected chi connectivity index (χ1v) is 8.53. The Morgan fingerprint density at radius 1 is 1.28 bits per heavy atom. The normalized spacial score (nSPS) is 23.0. The van der Waals surface area contributed by atoms with E-state index < -0.39 is 24.2 Å². The minimum absolute atomic E-state index is 0.0594. The third-order valence-electron chi connectivity index (χ3n) is 4.21. The average Bonchev–Trinajstić information content (AvgIpc) is 2.53. The van der Waals surface area contributed by atoms with Gasteiger partial charge in [-0.25, -0.2) is 9.59 Å². The molecule has 1 rings (SSSR count). The number of carbonyl (C=O) groups is 3. The number of nitrogens with zero attached hydrogens (tertiary/aromatic N) is 1. The molecule has 0 saturated heterocycles. The second-order valence-corrected chi connectivity index (χ2v) is 6.42. The highest BCUT2D eigenvalue weighted by atomic mass is 16.5. The van der Waals surface area contributed by atoms with Gasteiger partial charge in [0, 0.05) is 33.0 Å². The quantitative estimate of drug-likeness (QED) is 0.634. The zero-order valence-electron chi connectivity index (χ0n) is 15.5. The second kappa shape index (κ2) is 9.41. The van der Waals surface area contributed by atoms with Crippen molar-refractivity contribution in [2.75, 3.05) is 14.1 Å². The Hall–Kier alpha value is -2.09. The first-order chi connectivity index (χ1) is 11.7. The van der Waals surface area contributed by atoms with Gasteiger partial charge < -0.3 is 25.4 Å². The summed E-state index contributed by atoms with van der Waals surface area (Å²) in [5.41, 5.74) is 0.168. The highest BCUT2D eigenvalue weighted by molar-refractivity contribution is 5.87. The lowest BCUT2D eigenvalue weighted by atomic mass is 9.87. The number of rotatable bonds is 7. The standard InChI is InChI=1S/C17H29N3O5/c1-6-12(7-2)25-14-9-11(16(22)23)8-13(15(14)18-10(3)21)19-17(24)20(4)5/h9,12-15H,6-8H2,1-5H3,(H,18,21)(H,19,24)(H,22,23)/t13-,14+,15+/m0/s1. The van der Waals surface area contributed by atoms with E-state index in [-0.39, 0.29) is 30.0 Å². The van der Waals surface area contributed by atoms with Gasteiger partial charge >= 0.3 is 12.0 Å². The predicted octanol–water partition coefficient (Wildman–Crippen LogP) is 1.12. The van der Waals surface area contributed by atoms with Crippen molar-refractivity contribution in [3.05, 3.63) is 11.6 Å². The van der Waals surface area contributed by atoms with Gasteiger partial charge in [-0.1, -0.05) is 13.8 Å². The van der Waals surface area contributed by atoms with Crippen molar-refractivity contribution in [3.63, 3.8) is 0 Å². The Balaban J connectivity index is 3.16. The first kappa shape index (κ1) is 21.0. The van der Waals surface area contributed by atoms with Crippen molar-refractivity contribution in [1.29, 1.82) is 0 Å². The number of carbonyl (C=O) groups excluding carboxylic acids is 2. The molecule has 0 fully saturated rings. The van der Waals surface area contributed by atoms with Crippen molar-refractivity contribution in [3.8, 4) is 0 Å². The number of hydrogen-bond acceptors (Lipinski definition) is 4. The number of urea groups is 1. The summed E-state index contributed by atoms with van der Waals surface area (Å²) < 4.78 is 6.04. The number of aliphatic carboxylic acids is 1. The molecule has 3 amide bonds.